The van der Waals surface area contributed by atoms with Gasteiger partial charge in [-0.1, -0.05) is 41.6 Å². The average Bonchev–Trinajstić information content (AvgIpc) is 2.78. The van der Waals surface area contributed by atoms with Crippen molar-refractivity contribution in [3.05, 3.63) is 82.2 Å². The molecule has 0 atom stereocenters. The number of aromatic nitrogens is 3. The van der Waals surface area contributed by atoms with Crippen LogP contribution in [0, 0.1) is 0 Å². The van der Waals surface area contributed by atoms with Crippen LogP contribution in [0.2, 0.25) is 5.02 Å². The van der Waals surface area contributed by atoms with Crippen LogP contribution in [0.4, 0.5) is 5.69 Å². The zero-order chi connectivity index (χ0) is 21.8. The fraction of sp³-hybridized carbons (Fsp3) is 0.0909. The number of methoxy groups -OCH3 is 1. The summed E-state index contributed by atoms with van der Waals surface area (Å²) >= 11 is 7.17. The van der Waals surface area contributed by atoms with Crippen molar-refractivity contribution >= 4 is 46.0 Å². The normalized spacial score (nSPS) is 10.8. The molecule has 1 amide bonds. The van der Waals surface area contributed by atoms with Crippen LogP contribution >= 0.6 is 23.4 Å². The minimum absolute atomic E-state index is 0.0211. The molecule has 0 radical (unpaired) electrons. The quantitative estimate of drug-likeness (QED) is 0.349. The van der Waals surface area contributed by atoms with Crippen molar-refractivity contribution in [2.45, 2.75) is 5.16 Å². The Balaban J connectivity index is 1.65. The number of carbonyl (C=O) groups is 1. The number of anilines is 1. The Kier molecular flexibility index (Phi) is 6.20. The minimum atomic E-state index is -0.291. The molecule has 31 heavy (non-hydrogen) atoms. The lowest BCUT2D eigenvalue weighted by Gasteiger charge is -2.13. The highest BCUT2D eigenvalue weighted by molar-refractivity contribution is 7.99. The molecule has 2 aromatic carbocycles. The van der Waals surface area contributed by atoms with Gasteiger partial charge in [-0.25, -0.2) is 9.97 Å². The Bertz CT molecular complexity index is 1310. The van der Waals surface area contributed by atoms with E-state index < -0.39 is 0 Å². The Hall–Kier alpha value is -3.36. The first kappa shape index (κ1) is 20.9. The molecule has 156 valence electrons. The molecule has 1 N–H and O–H groups in total. The molecule has 2 heterocycles. The number of nitrogens with one attached hydrogen (secondary N) is 1. The van der Waals surface area contributed by atoms with E-state index >= 15 is 0 Å². The second-order valence-corrected chi connectivity index (χ2v) is 7.81. The Labute approximate surface area is 187 Å². The summed E-state index contributed by atoms with van der Waals surface area (Å²) < 4.78 is 6.75. The molecule has 0 unspecified atom stereocenters. The molecule has 4 aromatic rings. The van der Waals surface area contributed by atoms with Gasteiger partial charge in [0.15, 0.2) is 10.8 Å². The first-order valence-electron chi connectivity index (χ1n) is 9.26. The molecule has 0 spiro atoms. The molecule has 4 rings (SSSR count). The number of rotatable bonds is 6. The third-order valence-corrected chi connectivity index (χ3v) is 5.57. The molecule has 0 fully saturated rings. The van der Waals surface area contributed by atoms with Crippen molar-refractivity contribution in [2.75, 3.05) is 18.2 Å². The highest BCUT2D eigenvalue weighted by Crippen LogP contribution is 2.28. The van der Waals surface area contributed by atoms with Gasteiger partial charge in [-0.2, -0.15) is 0 Å². The van der Waals surface area contributed by atoms with Crippen molar-refractivity contribution in [3.63, 3.8) is 0 Å². The van der Waals surface area contributed by atoms with E-state index in [4.69, 9.17) is 16.3 Å². The topological polar surface area (TPSA) is 86.1 Å². The number of halogens is 1. The third-order valence-electron chi connectivity index (χ3n) is 4.40. The number of pyridine rings is 1. The van der Waals surface area contributed by atoms with E-state index in [1.165, 1.54) is 11.7 Å². The largest absolute Gasteiger partial charge is 0.495 e. The van der Waals surface area contributed by atoms with Gasteiger partial charge in [0, 0.05) is 11.2 Å². The predicted octanol–water partition coefficient (Wildman–Crippen LogP) is 4.17. The SMILES string of the molecule is COc1ccc(Cl)cc1NC(=O)CSc1nc2ncccc2c(=O)n1-c1ccccc1. The van der Waals surface area contributed by atoms with Gasteiger partial charge in [-0.05, 0) is 42.5 Å². The molecule has 2 aromatic heterocycles. The smallest absolute Gasteiger partial charge is 0.268 e. The Morgan fingerprint density at radius 3 is 2.74 bits per heavy atom. The average molecular weight is 453 g/mol. The lowest BCUT2D eigenvalue weighted by atomic mass is 10.3. The van der Waals surface area contributed by atoms with Crippen LogP contribution in [0.25, 0.3) is 16.7 Å². The van der Waals surface area contributed by atoms with Gasteiger partial charge in [0.25, 0.3) is 5.56 Å². The maximum absolute atomic E-state index is 13.1. The molecule has 0 saturated carbocycles. The minimum Gasteiger partial charge on any atom is -0.495 e. The summed E-state index contributed by atoms with van der Waals surface area (Å²) in [6, 6.07) is 17.5. The lowest BCUT2D eigenvalue weighted by molar-refractivity contribution is -0.113. The summed E-state index contributed by atoms with van der Waals surface area (Å²) in [4.78, 5) is 34.5. The Morgan fingerprint density at radius 2 is 1.97 bits per heavy atom. The number of hydrogen-bond donors (Lipinski definition) is 1. The van der Waals surface area contributed by atoms with E-state index in [9.17, 15) is 9.59 Å². The number of ether oxygens (including phenoxy) is 1. The second-order valence-electron chi connectivity index (χ2n) is 6.43. The van der Waals surface area contributed by atoms with Gasteiger partial charge >= 0.3 is 0 Å². The van der Waals surface area contributed by atoms with E-state index in [0.717, 1.165) is 11.8 Å². The molecule has 0 aliphatic carbocycles. The standard InChI is InChI=1S/C22H17ClN4O3S/c1-30-18-10-9-14(23)12-17(18)25-19(28)13-31-22-26-20-16(8-5-11-24-20)21(29)27(22)15-6-3-2-4-7-15/h2-12H,13H2,1H3,(H,25,28). The Morgan fingerprint density at radius 1 is 1.16 bits per heavy atom. The molecule has 0 aliphatic heterocycles. The van der Waals surface area contributed by atoms with Crippen molar-refractivity contribution < 1.29 is 9.53 Å². The molecule has 0 bridgehead atoms. The van der Waals surface area contributed by atoms with Crippen LogP contribution in [0.1, 0.15) is 0 Å². The van der Waals surface area contributed by atoms with Crippen LogP contribution in [0.5, 0.6) is 5.75 Å². The third kappa shape index (κ3) is 4.55. The molecule has 0 aliphatic rings. The fourth-order valence-corrected chi connectivity index (χ4v) is 3.97. The number of amides is 1. The number of benzene rings is 2. The summed E-state index contributed by atoms with van der Waals surface area (Å²) in [6.45, 7) is 0. The van der Waals surface area contributed by atoms with Crippen LogP contribution in [-0.4, -0.2) is 33.3 Å². The van der Waals surface area contributed by atoms with Crippen LogP contribution in [0.3, 0.4) is 0 Å². The van der Waals surface area contributed by atoms with E-state index in [1.807, 2.05) is 30.3 Å². The fourth-order valence-electron chi connectivity index (χ4n) is 3.00. The second kappa shape index (κ2) is 9.20. The number of fused-ring (bicyclic) bond motifs is 1. The summed E-state index contributed by atoms with van der Waals surface area (Å²) in [5.41, 5.74) is 1.21. The van der Waals surface area contributed by atoms with Gasteiger partial charge in [0.1, 0.15) is 5.75 Å². The van der Waals surface area contributed by atoms with Crippen molar-refractivity contribution in [3.8, 4) is 11.4 Å². The monoisotopic (exact) mass is 452 g/mol. The summed E-state index contributed by atoms with van der Waals surface area (Å²) in [5.74, 6) is 0.227. The van der Waals surface area contributed by atoms with Crippen molar-refractivity contribution in [2.24, 2.45) is 0 Å². The molecule has 7 nitrogen and oxygen atoms in total. The molecule has 9 heteroatoms. The van der Waals surface area contributed by atoms with Crippen LogP contribution in [-0.2, 0) is 4.79 Å². The lowest BCUT2D eigenvalue weighted by Crippen LogP contribution is -2.23. The van der Waals surface area contributed by atoms with Gasteiger partial charge in [-0.15, -0.1) is 0 Å². The maximum Gasteiger partial charge on any atom is 0.268 e. The number of thioether (sulfide) groups is 1. The zero-order valence-electron chi connectivity index (χ0n) is 16.4. The van der Waals surface area contributed by atoms with Crippen molar-refractivity contribution in [1.29, 1.82) is 0 Å². The van der Waals surface area contributed by atoms with Crippen molar-refractivity contribution in [1.82, 2.24) is 14.5 Å². The summed E-state index contributed by atoms with van der Waals surface area (Å²) in [6.07, 6.45) is 1.58. The molecule has 0 saturated heterocycles. The van der Waals surface area contributed by atoms with Gasteiger partial charge < -0.3 is 10.1 Å². The van der Waals surface area contributed by atoms with E-state index in [1.54, 1.807) is 36.5 Å². The summed E-state index contributed by atoms with van der Waals surface area (Å²) in [5, 5.41) is 4.04. The summed E-state index contributed by atoms with van der Waals surface area (Å²) in [7, 11) is 1.51. The number of carbonyl (C=O) groups excluding carboxylic acids is 1. The van der Waals surface area contributed by atoms with Crippen LogP contribution in [0.15, 0.2) is 76.8 Å². The highest BCUT2D eigenvalue weighted by atomic mass is 35.5. The number of para-hydroxylation sites is 1. The number of hydrogen-bond acceptors (Lipinski definition) is 6. The highest BCUT2D eigenvalue weighted by Gasteiger charge is 2.16. The van der Waals surface area contributed by atoms with Crippen LogP contribution < -0.4 is 15.6 Å². The first-order valence-corrected chi connectivity index (χ1v) is 10.6. The molecular weight excluding hydrogens is 436 g/mol. The van der Waals surface area contributed by atoms with E-state index in [2.05, 4.69) is 15.3 Å². The maximum atomic E-state index is 13.1. The predicted molar refractivity (Wildman–Crippen MR) is 122 cm³/mol. The first-order chi connectivity index (χ1) is 15.1. The van der Waals surface area contributed by atoms with Gasteiger partial charge in [0.05, 0.1) is 29.6 Å². The number of nitrogens with zero attached hydrogens (tertiary/aromatic N) is 3. The van der Waals surface area contributed by atoms with Gasteiger partial charge in [-0.3, -0.25) is 14.2 Å². The van der Waals surface area contributed by atoms with E-state index in [0.29, 0.717) is 38.3 Å². The van der Waals surface area contributed by atoms with Gasteiger partial charge in [0.2, 0.25) is 5.91 Å². The molecular formula is C22H17ClN4O3S. The van der Waals surface area contributed by atoms with E-state index in [-0.39, 0.29) is 17.2 Å². The zero-order valence-corrected chi connectivity index (χ0v) is 18.0.